The molecule has 0 spiro atoms. The van der Waals surface area contributed by atoms with Gasteiger partial charge in [0.2, 0.25) is 0 Å². The molecular weight excluding hydrogens is 1730 g/mol. The van der Waals surface area contributed by atoms with E-state index < -0.39 is 42.3 Å². The molecule has 5 saturated heterocycles. The van der Waals surface area contributed by atoms with Crippen LogP contribution in [0.25, 0.3) is 98.0 Å². The normalized spacial score (nSPS) is 19.6. The number of aromatic nitrogens is 12. The Morgan fingerprint density at radius 3 is 1.13 bits per heavy atom. The smallest absolute Gasteiger partial charge is 0.433 e. The first-order valence-corrected chi connectivity index (χ1v) is 45.6. The monoisotopic (exact) mass is 1830 g/mol. The third-order valence-electron chi connectivity index (χ3n) is 26.1. The standard InChI is InChI=1S/C29H32N4O3.C28H24N4O3.C24H20F3N3O3.C22H21N3O4S/c1-31-11-13-32(14-12-31)22-8-6-20(7-9-22)16-21-17-25-28(24-5-3-2-4-23(21)24)30-19-33(29(25)35)26-10-15-36-18-27(26)34;33-26-16-35-11-8-25(26)32-17-31-27-22-6-2-1-5-21(22)20(14-23(27)28(32)34)12-18-7-10-30-24(13-18)19-4-3-9-29-15-19;25-24(26,27)21-10-14(5-7-28-21)9-15-11-18-22(17-4-2-1-3-16(15)17)29-13-30(23(18)32)19-6-8-33-12-20(19)31;1-28-22-23-10-14(30-22)8-13-9-17-20(16-5-3-2-4-15(13)16)24-12-25(21(17)27)18-6-7-29-11-19(18)26/h2-9,17,19,26-27,34H,10-16,18H2,1H3;1-7,9-10,13-15,17,25-26,33H,8,11-12,16H2;1-5,7,10-11,13,19-20,31H,6,8-9,12H2;2-5,9-10,12,18-19,26H,6-8,11H2,1H3/t26-,27-;25-,26-;19-,20-;18-,19-/m0000/s1. The lowest BCUT2D eigenvalue weighted by atomic mass is 9.95. The lowest BCUT2D eigenvalue weighted by molar-refractivity contribution is -0.141. The molecule has 22 rings (SSSR count). The number of fused-ring (bicyclic) bond motifs is 12. The summed E-state index contributed by atoms with van der Waals surface area (Å²) < 4.78 is 72.1. The summed E-state index contributed by atoms with van der Waals surface area (Å²) in [5.74, 6) is 0. The SMILES string of the molecule is CN1CCN(c2ccc(Cc3cc4c(=O)n([C@H]5CCOC[C@@H]5O)cnc4c4ccccc34)cc2)CC1.COc1ncc(Cc2cc3c(=O)n([C@H]4CCOC[C@@H]4O)cnc3c3ccccc23)s1.O=c1c2cc(Cc3ccnc(-c4cccnc4)c3)c3ccccc3c2ncn1[C@H]1CCOC[C@@H]1O.O=c1c2cc(Cc3ccnc(C(F)(F)F)c3)c3ccccc3c2ncn1[C@H]1CCOC[C@@H]1O. The molecule has 0 saturated carbocycles. The van der Waals surface area contributed by atoms with Gasteiger partial charge in [-0.2, -0.15) is 13.2 Å². The minimum absolute atomic E-state index is 0.108. The zero-order valence-electron chi connectivity index (χ0n) is 73.5. The van der Waals surface area contributed by atoms with Gasteiger partial charge in [0.15, 0.2) is 0 Å². The second-order valence-corrected chi connectivity index (χ2v) is 35.6. The number of ether oxygens (including phenoxy) is 5. The van der Waals surface area contributed by atoms with Crippen molar-refractivity contribution in [2.24, 2.45) is 0 Å². The van der Waals surface area contributed by atoms with Crippen LogP contribution in [0.4, 0.5) is 18.9 Å². The Morgan fingerprint density at radius 1 is 0.396 bits per heavy atom. The molecule has 5 aliphatic heterocycles. The number of halogens is 3. The number of likely N-dealkylation sites (N-methyl/N-ethyl adjacent to an activating group) is 1. The predicted octanol–water partition coefficient (Wildman–Crippen LogP) is 13.9. The molecule has 5 aliphatic rings. The van der Waals surface area contributed by atoms with Gasteiger partial charge >= 0.3 is 6.18 Å². The lowest BCUT2D eigenvalue weighted by Crippen LogP contribution is -2.44. The summed E-state index contributed by atoms with van der Waals surface area (Å²) in [7, 11) is 3.78. The maximum Gasteiger partial charge on any atom is 0.433 e. The largest absolute Gasteiger partial charge is 0.473 e. The Hall–Kier alpha value is -13.3. The molecular formula is C103H97F3N14O13S. The first kappa shape index (κ1) is 89.9. The Labute approximate surface area is 769 Å². The number of alkyl halides is 3. The highest BCUT2D eigenvalue weighted by molar-refractivity contribution is 7.13. The summed E-state index contributed by atoms with van der Waals surface area (Å²) in [6.07, 6.45) is 11.4. The number of pyridine rings is 3. The zero-order chi connectivity index (χ0) is 92.3. The number of aliphatic hydroxyl groups is 4. The van der Waals surface area contributed by atoms with Gasteiger partial charge in [-0.15, -0.1) is 0 Å². The second kappa shape index (κ2) is 39.5. The van der Waals surface area contributed by atoms with Crippen LogP contribution in [0.15, 0.2) is 257 Å². The van der Waals surface area contributed by atoms with Crippen LogP contribution < -0.4 is 31.9 Å². The number of hydrogen-bond acceptors (Lipinski definition) is 24. The van der Waals surface area contributed by atoms with Gasteiger partial charge in [-0.25, -0.2) is 24.9 Å². The predicted molar refractivity (Wildman–Crippen MR) is 509 cm³/mol. The minimum Gasteiger partial charge on any atom is -0.473 e. The topological polar surface area (TPSA) is 325 Å². The molecule has 31 heteroatoms. The van der Waals surface area contributed by atoms with Gasteiger partial charge in [-0.1, -0.05) is 121 Å². The minimum atomic E-state index is -4.54. The van der Waals surface area contributed by atoms with Crippen molar-refractivity contribution in [1.82, 2.24) is 63.0 Å². The van der Waals surface area contributed by atoms with Gasteiger partial charge in [0.25, 0.3) is 27.4 Å². The van der Waals surface area contributed by atoms with Crippen molar-refractivity contribution in [3.05, 3.63) is 329 Å². The van der Waals surface area contributed by atoms with E-state index in [0.29, 0.717) is 125 Å². The molecule has 5 fully saturated rings. The summed E-state index contributed by atoms with van der Waals surface area (Å²) in [5, 5.41) is 51.9. The quantitative estimate of drug-likeness (QED) is 0.0693. The zero-order valence-corrected chi connectivity index (χ0v) is 74.4. The van der Waals surface area contributed by atoms with E-state index in [1.54, 1.807) is 58.3 Å². The van der Waals surface area contributed by atoms with Crippen molar-refractivity contribution < 1.29 is 57.3 Å². The molecule has 0 unspecified atom stereocenters. The van der Waals surface area contributed by atoms with E-state index in [1.807, 2.05) is 128 Å². The Balaban J connectivity index is 0.000000115. The van der Waals surface area contributed by atoms with Crippen LogP contribution in [-0.4, -0.2) is 201 Å². The highest BCUT2D eigenvalue weighted by atomic mass is 32.1. The Morgan fingerprint density at radius 2 is 0.769 bits per heavy atom. The van der Waals surface area contributed by atoms with Gasteiger partial charge in [0.1, 0.15) is 5.69 Å². The molecule has 17 aromatic rings. The average Bonchev–Trinajstić information content (AvgIpc) is 0.931. The molecule has 0 aliphatic carbocycles. The molecule has 0 radical (unpaired) electrons. The fourth-order valence-electron chi connectivity index (χ4n) is 19.1. The molecule has 0 amide bonds. The van der Waals surface area contributed by atoms with Crippen LogP contribution in [0, 0.1) is 0 Å². The first-order chi connectivity index (χ1) is 65.2. The Kier molecular flexibility index (Phi) is 26.5. The fraction of sp³-hybridized carbons (Fsp3) is 0.301. The number of hydrogen-bond donors (Lipinski definition) is 4. The average molecular weight is 1830 g/mol. The number of anilines is 1. The van der Waals surface area contributed by atoms with Crippen LogP contribution in [0.1, 0.15) is 99.4 Å². The van der Waals surface area contributed by atoms with Crippen LogP contribution >= 0.6 is 11.3 Å². The Bertz CT molecular complexity index is 7470. The number of rotatable bonds is 15. The maximum atomic E-state index is 13.6. The number of piperazine rings is 1. The van der Waals surface area contributed by atoms with E-state index in [4.69, 9.17) is 28.7 Å². The van der Waals surface area contributed by atoms with E-state index >= 15 is 0 Å². The molecule has 27 nitrogen and oxygen atoms in total. The summed E-state index contributed by atoms with van der Waals surface area (Å²) >= 11 is 1.49. The van der Waals surface area contributed by atoms with Gasteiger partial charge < -0.3 is 53.9 Å². The molecule has 13 heterocycles. The second-order valence-electron chi connectivity index (χ2n) is 34.5. The van der Waals surface area contributed by atoms with Gasteiger partial charge in [0, 0.05) is 128 Å². The van der Waals surface area contributed by atoms with Crippen LogP contribution in [0.2, 0.25) is 0 Å². The van der Waals surface area contributed by atoms with Crippen molar-refractivity contribution in [3.8, 4) is 16.5 Å². The number of methoxy groups -OCH3 is 1. The summed E-state index contributed by atoms with van der Waals surface area (Å²) in [6, 6.07) is 57.1. The van der Waals surface area contributed by atoms with Crippen molar-refractivity contribution in [2.75, 3.05) is 98.1 Å². The van der Waals surface area contributed by atoms with Crippen LogP contribution in [0.3, 0.4) is 0 Å². The summed E-state index contributed by atoms with van der Waals surface area (Å²) in [5.41, 5.74) is 10.6. The van der Waals surface area contributed by atoms with Gasteiger partial charge in [-0.3, -0.25) is 52.4 Å². The molecule has 4 N–H and O–H groups in total. The van der Waals surface area contributed by atoms with Gasteiger partial charge in [0.05, 0.1) is 157 Å². The van der Waals surface area contributed by atoms with Gasteiger partial charge in [-0.05, 0) is 185 Å². The van der Waals surface area contributed by atoms with Crippen LogP contribution in [-0.2, 0) is 50.8 Å². The number of aliphatic hydroxyl groups excluding tert-OH is 4. The van der Waals surface area contributed by atoms with Crippen molar-refractivity contribution in [3.63, 3.8) is 0 Å². The number of thiazole rings is 1. The van der Waals surface area contributed by atoms with E-state index in [1.165, 1.54) is 39.5 Å². The van der Waals surface area contributed by atoms with E-state index in [9.17, 15) is 52.8 Å². The van der Waals surface area contributed by atoms with E-state index in [2.05, 4.69) is 100 Å². The van der Waals surface area contributed by atoms with Crippen molar-refractivity contribution in [1.29, 1.82) is 0 Å². The molecule has 9 aromatic carbocycles. The molecule has 134 heavy (non-hydrogen) atoms. The molecule has 8 aromatic heterocycles. The molecule has 8 atom stereocenters. The van der Waals surface area contributed by atoms with Crippen molar-refractivity contribution >= 4 is 104 Å². The third kappa shape index (κ3) is 18.8. The first-order valence-electron chi connectivity index (χ1n) is 44.8. The number of benzene rings is 9. The van der Waals surface area contributed by atoms with Crippen molar-refractivity contribution in [2.45, 2.75) is 106 Å². The maximum absolute atomic E-state index is 13.6. The molecule has 684 valence electrons. The summed E-state index contributed by atoms with van der Waals surface area (Å²) in [6.45, 7) is 7.08. The lowest BCUT2D eigenvalue weighted by Gasteiger charge is -2.34. The molecule has 0 bridgehead atoms. The highest BCUT2D eigenvalue weighted by Gasteiger charge is 2.35. The van der Waals surface area contributed by atoms with E-state index in [0.717, 1.165) is 126 Å². The highest BCUT2D eigenvalue weighted by Crippen LogP contribution is 2.38. The van der Waals surface area contributed by atoms with E-state index in [-0.39, 0.29) is 73.2 Å². The summed E-state index contributed by atoms with van der Waals surface area (Å²) in [4.78, 5) is 94.9. The fourth-order valence-corrected chi connectivity index (χ4v) is 19.8. The number of nitrogens with zero attached hydrogens (tertiary/aromatic N) is 14. The van der Waals surface area contributed by atoms with Crippen LogP contribution in [0.5, 0.6) is 5.19 Å². The third-order valence-corrected chi connectivity index (χ3v) is 27.0.